The lowest BCUT2D eigenvalue weighted by Gasteiger charge is -2.30. The Labute approximate surface area is 73.5 Å². The molecule has 0 aromatic carbocycles. The smallest absolute Gasteiger partial charge is 0.278 e. The molecule has 2 nitrogen and oxygen atoms in total. The Morgan fingerprint density at radius 3 is 2.42 bits per heavy atom. The van der Waals surface area contributed by atoms with Crippen molar-refractivity contribution in [3.05, 3.63) is 23.9 Å². The quantitative estimate of drug-likeness (QED) is 0.652. The summed E-state index contributed by atoms with van der Waals surface area (Å²) in [5, 5.41) is 9.26. The topological polar surface area (TPSA) is 29.5 Å². The Hall–Kier alpha value is -0.920. The summed E-state index contributed by atoms with van der Waals surface area (Å²) >= 11 is 0. The summed E-state index contributed by atoms with van der Waals surface area (Å²) in [4.78, 5) is 0. The Bertz CT molecular complexity index is 218. The largest absolute Gasteiger partial charge is 0.481 e. The number of rotatable bonds is 1. The molecule has 0 amide bonds. The van der Waals surface area contributed by atoms with Gasteiger partial charge in [-0.1, -0.05) is 20.8 Å². The van der Waals surface area contributed by atoms with Gasteiger partial charge in [0.15, 0.2) is 0 Å². The second-order valence-electron chi connectivity index (χ2n) is 3.86. The van der Waals surface area contributed by atoms with Crippen LogP contribution in [0.4, 0.5) is 0 Å². The zero-order valence-corrected chi connectivity index (χ0v) is 8.09. The highest BCUT2D eigenvalue weighted by Gasteiger charge is 2.28. The molecular formula is C10H16O2. The summed E-state index contributed by atoms with van der Waals surface area (Å²) in [6.07, 6.45) is 3.79. The van der Waals surface area contributed by atoms with Gasteiger partial charge in [0, 0.05) is 11.5 Å². The van der Waals surface area contributed by atoms with Crippen molar-refractivity contribution < 1.29 is 9.84 Å². The predicted octanol–water partition coefficient (Wildman–Crippen LogP) is 2.98. The first-order valence-electron chi connectivity index (χ1n) is 4.23. The second kappa shape index (κ2) is 2.85. The van der Waals surface area contributed by atoms with Crippen LogP contribution in [0.15, 0.2) is 23.9 Å². The molecule has 1 rings (SSSR count). The van der Waals surface area contributed by atoms with E-state index in [9.17, 15) is 5.11 Å². The fourth-order valence-electron chi connectivity index (χ4n) is 1.30. The summed E-state index contributed by atoms with van der Waals surface area (Å²) in [6, 6.07) is 0. The highest BCUT2D eigenvalue weighted by Crippen LogP contribution is 2.35. The van der Waals surface area contributed by atoms with Crippen LogP contribution < -0.4 is 0 Å². The Balaban J connectivity index is 2.97. The average Bonchev–Trinajstić information content (AvgIpc) is 1.82. The summed E-state index contributed by atoms with van der Waals surface area (Å²) in [5.74, 6) is 1.25. The van der Waals surface area contributed by atoms with Gasteiger partial charge in [-0.05, 0) is 18.9 Å². The van der Waals surface area contributed by atoms with E-state index in [0.717, 1.165) is 5.76 Å². The maximum absolute atomic E-state index is 9.26. The number of hydrogen-bond donors (Lipinski definition) is 1. The zero-order chi connectivity index (χ0) is 9.35. The van der Waals surface area contributed by atoms with Crippen LogP contribution >= 0.6 is 0 Å². The number of aliphatic hydroxyl groups excluding tert-OH is 1. The standard InChI is InChI=1S/C10H16O2/c1-7(2)10(4)5-8(3)12-9(11)6-10/h5-7,11H,1-4H3. The van der Waals surface area contributed by atoms with E-state index in [1.54, 1.807) is 6.08 Å². The molecule has 2 heteroatoms. The molecule has 0 aromatic heterocycles. The van der Waals surface area contributed by atoms with Crippen LogP contribution in [0.5, 0.6) is 0 Å². The van der Waals surface area contributed by atoms with E-state index in [1.807, 2.05) is 13.0 Å². The third-order valence-electron chi connectivity index (χ3n) is 2.46. The van der Waals surface area contributed by atoms with E-state index in [0.29, 0.717) is 5.92 Å². The maximum Gasteiger partial charge on any atom is 0.278 e. The van der Waals surface area contributed by atoms with Gasteiger partial charge < -0.3 is 9.84 Å². The van der Waals surface area contributed by atoms with Crippen molar-refractivity contribution in [2.24, 2.45) is 11.3 Å². The molecule has 68 valence electrons. The Kier molecular flexibility index (Phi) is 2.18. The van der Waals surface area contributed by atoms with Gasteiger partial charge in [0.25, 0.3) is 5.95 Å². The Morgan fingerprint density at radius 1 is 1.42 bits per heavy atom. The molecule has 0 aliphatic carbocycles. The molecule has 12 heavy (non-hydrogen) atoms. The lowest BCUT2D eigenvalue weighted by molar-refractivity contribution is 0.122. The summed E-state index contributed by atoms with van der Waals surface area (Å²) in [5.41, 5.74) is -0.0770. The van der Waals surface area contributed by atoms with Gasteiger partial charge in [-0.3, -0.25) is 0 Å². The third kappa shape index (κ3) is 1.63. The van der Waals surface area contributed by atoms with E-state index >= 15 is 0 Å². The molecule has 1 unspecified atom stereocenters. The highest BCUT2D eigenvalue weighted by molar-refractivity contribution is 5.18. The van der Waals surface area contributed by atoms with E-state index in [-0.39, 0.29) is 11.4 Å². The summed E-state index contributed by atoms with van der Waals surface area (Å²) in [7, 11) is 0. The van der Waals surface area contributed by atoms with Gasteiger partial charge in [0.1, 0.15) is 5.76 Å². The minimum Gasteiger partial charge on any atom is -0.481 e. The van der Waals surface area contributed by atoms with Gasteiger partial charge in [-0.15, -0.1) is 0 Å². The maximum atomic E-state index is 9.26. The molecule has 1 aliphatic heterocycles. The average molecular weight is 168 g/mol. The van der Waals surface area contributed by atoms with Crippen molar-refractivity contribution in [3.8, 4) is 0 Å². The molecule has 0 fully saturated rings. The van der Waals surface area contributed by atoms with Crippen LogP contribution in [0.3, 0.4) is 0 Å². The minimum absolute atomic E-state index is 0.0196. The predicted molar refractivity (Wildman–Crippen MR) is 48.5 cm³/mol. The fraction of sp³-hybridized carbons (Fsp3) is 0.600. The van der Waals surface area contributed by atoms with Gasteiger partial charge in [-0.25, -0.2) is 0 Å². The van der Waals surface area contributed by atoms with Gasteiger partial charge in [-0.2, -0.15) is 0 Å². The van der Waals surface area contributed by atoms with Crippen molar-refractivity contribution in [2.75, 3.05) is 0 Å². The van der Waals surface area contributed by atoms with Gasteiger partial charge >= 0.3 is 0 Å². The molecular weight excluding hydrogens is 152 g/mol. The summed E-state index contributed by atoms with van der Waals surface area (Å²) in [6.45, 7) is 8.18. The molecule has 0 bridgehead atoms. The molecule has 1 heterocycles. The first-order chi connectivity index (χ1) is 5.44. The van der Waals surface area contributed by atoms with Gasteiger partial charge in [0.2, 0.25) is 0 Å². The molecule has 0 spiro atoms. The lowest BCUT2D eigenvalue weighted by Crippen LogP contribution is -2.22. The molecule has 1 aliphatic rings. The monoisotopic (exact) mass is 168 g/mol. The van der Waals surface area contributed by atoms with Crippen LogP contribution in [0.25, 0.3) is 0 Å². The van der Waals surface area contributed by atoms with Crippen molar-refractivity contribution in [1.29, 1.82) is 0 Å². The minimum atomic E-state index is -0.0770. The van der Waals surface area contributed by atoms with Crippen molar-refractivity contribution in [1.82, 2.24) is 0 Å². The normalized spacial score (nSPS) is 29.4. The van der Waals surface area contributed by atoms with E-state index in [4.69, 9.17) is 4.74 Å². The molecule has 0 saturated heterocycles. The number of hydrogen-bond acceptors (Lipinski definition) is 2. The first kappa shape index (κ1) is 9.17. The van der Waals surface area contributed by atoms with Crippen LogP contribution in [-0.2, 0) is 4.74 Å². The van der Waals surface area contributed by atoms with E-state index in [1.165, 1.54) is 0 Å². The second-order valence-corrected chi connectivity index (χ2v) is 3.86. The van der Waals surface area contributed by atoms with Crippen LogP contribution in [0.1, 0.15) is 27.7 Å². The van der Waals surface area contributed by atoms with Crippen molar-refractivity contribution in [2.45, 2.75) is 27.7 Å². The first-order valence-corrected chi connectivity index (χ1v) is 4.23. The van der Waals surface area contributed by atoms with Crippen LogP contribution in [0.2, 0.25) is 0 Å². The SMILES string of the molecule is CC1=CC(C)(C(C)C)C=C(O)O1. The summed E-state index contributed by atoms with van der Waals surface area (Å²) < 4.78 is 5.01. The zero-order valence-electron chi connectivity index (χ0n) is 8.09. The van der Waals surface area contributed by atoms with E-state index < -0.39 is 0 Å². The number of allylic oxidation sites excluding steroid dienone is 3. The Morgan fingerprint density at radius 2 is 2.00 bits per heavy atom. The van der Waals surface area contributed by atoms with E-state index in [2.05, 4.69) is 20.8 Å². The van der Waals surface area contributed by atoms with Gasteiger partial charge in [0.05, 0.1) is 0 Å². The third-order valence-corrected chi connectivity index (χ3v) is 2.46. The fourth-order valence-corrected chi connectivity index (χ4v) is 1.30. The highest BCUT2D eigenvalue weighted by atomic mass is 16.6. The van der Waals surface area contributed by atoms with Crippen LogP contribution in [0, 0.1) is 11.3 Å². The molecule has 1 N–H and O–H groups in total. The molecule has 0 radical (unpaired) electrons. The number of ether oxygens (including phenoxy) is 1. The molecule has 0 aromatic rings. The molecule has 1 atom stereocenters. The van der Waals surface area contributed by atoms with Crippen molar-refractivity contribution in [3.63, 3.8) is 0 Å². The van der Waals surface area contributed by atoms with Crippen molar-refractivity contribution >= 4 is 0 Å². The van der Waals surface area contributed by atoms with Crippen LogP contribution in [-0.4, -0.2) is 5.11 Å². The number of aliphatic hydroxyl groups is 1. The molecule has 0 saturated carbocycles. The lowest BCUT2D eigenvalue weighted by atomic mass is 9.78.